The molecule has 1 unspecified atom stereocenters. The summed E-state index contributed by atoms with van der Waals surface area (Å²) in [5.74, 6) is -0.362. The van der Waals surface area contributed by atoms with Gasteiger partial charge in [0.1, 0.15) is 0 Å². The number of hydrogen-bond donors (Lipinski definition) is 3. The Morgan fingerprint density at radius 1 is 0.862 bits per heavy atom. The molecule has 5 nitrogen and oxygen atoms in total. The van der Waals surface area contributed by atoms with Gasteiger partial charge in [-0.05, 0) is 32.1 Å². The molecule has 1 atom stereocenters. The number of hydrogen-bond acceptors (Lipinski definition) is 3. The van der Waals surface area contributed by atoms with Gasteiger partial charge < -0.3 is 15.7 Å². The zero-order valence-corrected chi connectivity index (χ0v) is 19.1. The smallest absolute Gasteiger partial charge is 0.254 e. The Labute approximate surface area is 178 Å². The fraction of sp³-hybridized carbons (Fsp3) is 0.917. The Kier molecular flexibility index (Phi) is 14.0. The van der Waals surface area contributed by atoms with Crippen LogP contribution in [0.4, 0.5) is 0 Å². The van der Waals surface area contributed by atoms with E-state index in [-0.39, 0.29) is 24.4 Å². The van der Waals surface area contributed by atoms with E-state index in [9.17, 15) is 14.7 Å². The Hall–Kier alpha value is -1.10. The minimum atomic E-state index is -1.50. The molecule has 1 aliphatic carbocycles. The van der Waals surface area contributed by atoms with Crippen molar-refractivity contribution in [3.63, 3.8) is 0 Å². The number of carbonyl (C=O) groups excluding carboxylic acids is 2. The first-order valence-electron chi connectivity index (χ1n) is 12.3. The molecule has 1 rings (SSSR count). The van der Waals surface area contributed by atoms with Gasteiger partial charge in [0.2, 0.25) is 5.91 Å². The summed E-state index contributed by atoms with van der Waals surface area (Å²) < 4.78 is 0. The molecule has 0 bridgehead atoms. The fourth-order valence-corrected chi connectivity index (χ4v) is 4.09. The second kappa shape index (κ2) is 15.7. The maximum atomic E-state index is 12.9. The second-order valence-electron chi connectivity index (χ2n) is 8.95. The van der Waals surface area contributed by atoms with E-state index in [4.69, 9.17) is 0 Å². The predicted octanol–water partition coefficient (Wildman–Crippen LogP) is 5.00. The lowest BCUT2D eigenvalue weighted by Crippen LogP contribution is -2.56. The van der Waals surface area contributed by atoms with Crippen LogP contribution in [0.1, 0.15) is 123 Å². The lowest BCUT2D eigenvalue weighted by atomic mass is 9.91. The third-order valence-electron chi connectivity index (χ3n) is 6.14. The summed E-state index contributed by atoms with van der Waals surface area (Å²) in [5, 5.41) is 17.0. The Morgan fingerprint density at radius 3 is 2.07 bits per heavy atom. The quantitative estimate of drug-likeness (QED) is 0.313. The minimum absolute atomic E-state index is 0.0210. The van der Waals surface area contributed by atoms with Gasteiger partial charge in [0, 0.05) is 12.5 Å². The van der Waals surface area contributed by atoms with E-state index in [2.05, 4.69) is 24.5 Å². The summed E-state index contributed by atoms with van der Waals surface area (Å²) in [6, 6.07) is 0.164. The molecular weight excluding hydrogens is 364 g/mol. The van der Waals surface area contributed by atoms with Crippen molar-refractivity contribution in [2.24, 2.45) is 0 Å². The maximum absolute atomic E-state index is 12.9. The maximum Gasteiger partial charge on any atom is 0.254 e. The third-order valence-corrected chi connectivity index (χ3v) is 6.14. The van der Waals surface area contributed by atoms with Gasteiger partial charge in [0.25, 0.3) is 5.91 Å². The van der Waals surface area contributed by atoms with Crippen molar-refractivity contribution in [1.29, 1.82) is 0 Å². The van der Waals surface area contributed by atoms with Crippen molar-refractivity contribution < 1.29 is 14.7 Å². The highest BCUT2D eigenvalue weighted by Crippen LogP contribution is 2.21. The van der Waals surface area contributed by atoms with E-state index >= 15 is 0 Å². The Bertz CT molecular complexity index is 449. The van der Waals surface area contributed by atoms with E-state index in [1.54, 1.807) is 0 Å². The molecule has 29 heavy (non-hydrogen) atoms. The number of nitrogens with one attached hydrogen (secondary N) is 2. The molecule has 0 aliphatic heterocycles. The largest absolute Gasteiger partial charge is 0.378 e. The van der Waals surface area contributed by atoms with E-state index in [0.29, 0.717) is 12.8 Å². The van der Waals surface area contributed by atoms with Crippen molar-refractivity contribution in [3.8, 4) is 0 Å². The van der Waals surface area contributed by atoms with Crippen LogP contribution in [0.2, 0.25) is 0 Å². The van der Waals surface area contributed by atoms with Crippen LogP contribution in [0, 0.1) is 0 Å². The highest BCUT2D eigenvalue weighted by molar-refractivity contribution is 5.86. The molecule has 0 spiro atoms. The van der Waals surface area contributed by atoms with Crippen molar-refractivity contribution in [1.82, 2.24) is 10.6 Å². The Balaban J connectivity index is 2.49. The molecule has 2 amide bonds. The number of unbranched alkanes of at least 4 members (excludes halogenated alkanes) is 8. The van der Waals surface area contributed by atoms with Crippen molar-refractivity contribution in [2.75, 3.05) is 6.54 Å². The normalized spacial score (nSPS) is 16.9. The zero-order valence-electron chi connectivity index (χ0n) is 19.1. The van der Waals surface area contributed by atoms with Gasteiger partial charge in [0.05, 0.1) is 6.54 Å². The second-order valence-corrected chi connectivity index (χ2v) is 8.95. The minimum Gasteiger partial charge on any atom is -0.378 e. The SMILES string of the molecule is CCCCCCCC(=O)NCC(O)(CCCCCCC)C(=O)NC1CCCCC1. The standard InChI is InChI=1S/C24H46N2O3/c1-3-5-7-9-14-18-22(27)25-20-24(29,19-15-10-8-6-4-2)23(28)26-21-16-12-11-13-17-21/h21,29H,3-20H2,1-2H3,(H,25,27)(H,26,28). The van der Waals surface area contributed by atoms with Gasteiger partial charge in [-0.25, -0.2) is 0 Å². The van der Waals surface area contributed by atoms with Gasteiger partial charge in [-0.2, -0.15) is 0 Å². The highest BCUT2D eigenvalue weighted by Gasteiger charge is 2.37. The molecule has 1 fully saturated rings. The van der Waals surface area contributed by atoms with Crippen LogP contribution in [0.3, 0.4) is 0 Å². The van der Waals surface area contributed by atoms with Gasteiger partial charge in [0.15, 0.2) is 5.60 Å². The van der Waals surface area contributed by atoms with Crippen LogP contribution < -0.4 is 10.6 Å². The molecular formula is C24H46N2O3. The van der Waals surface area contributed by atoms with Crippen molar-refractivity contribution in [2.45, 2.75) is 135 Å². The lowest BCUT2D eigenvalue weighted by Gasteiger charge is -2.31. The van der Waals surface area contributed by atoms with E-state index in [1.165, 1.54) is 32.1 Å². The number of rotatable bonds is 16. The van der Waals surface area contributed by atoms with E-state index in [0.717, 1.165) is 64.2 Å². The summed E-state index contributed by atoms with van der Waals surface area (Å²) in [7, 11) is 0. The number of aliphatic hydroxyl groups is 1. The zero-order chi connectivity index (χ0) is 21.4. The summed E-state index contributed by atoms with van der Waals surface area (Å²) in [6.07, 6.45) is 17.1. The molecule has 170 valence electrons. The van der Waals surface area contributed by atoms with Gasteiger partial charge in [-0.1, -0.05) is 84.5 Å². The van der Waals surface area contributed by atoms with E-state index in [1.807, 2.05) is 0 Å². The number of amides is 2. The summed E-state index contributed by atoms with van der Waals surface area (Å²) >= 11 is 0. The van der Waals surface area contributed by atoms with Crippen LogP contribution in [-0.2, 0) is 9.59 Å². The predicted molar refractivity (Wildman–Crippen MR) is 120 cm³/mol. The summed E-state index contributed by atoms with van der Waals surface area (Å²) in [4.78, 5) is 25.1. The van der Waals surface area contributed by atoms with Gasteiger partial charge in [-0.3, -0.25) is 9.59 Å². The molecule has 0 aromatic heterocycles. The first-order valence-corrected chi connectivity index (χ1v) is 12.3. The van der Waals surface area contributed by atoms with Crippen molar-refractivity contribution >= 4 is 11.8 Å². The van der Waals surface area contributed by atoms with E-state index < -0.39 is 5.60 Å². The first kappa shape index (κ1) is 25.9. The molecule has 0 saturated heterocycles. The fourth-order valence-electron chi connectivity index (χ4n) is 4.09. The van der Waals surface area contributed by atoms with Gasteiger partial charge >= 0.3 is 0 Å². The molecule has 5 heteroatoms. The summed E-state index contributed by atoms with van der Waals surface area (Å²) in [5.41, 5.74) is -1.50. The molecule has 0 heterocycles. The first-order chi connectivity index (χ1) is 14.0. The van der Waals surface area contributed by atoms with Crippen LogP contribution in [0.15, 0.2) is 0 Å². The average Bonchev–Trinajstić information content (AvgIpc) is 2.72. The average molecular weight is 411 g/mol. The molecule has 1 saturated carbocycles. The monoisotopic (exact) mass is 410 g/mol. The molecule has 0 aromatic carbocycles. The topological polar surface area (TPSA) is 78.4 Å². The molecule has 1 aliphatic rings. The van der Waals surface area contributed by atoms with Crippen LogP contribution in [-0.4, -0.2) is 35.1 Å². The third kappa shape index (κ3) is 11.6. The lowest BCUT2D eigenvalue weighted by molar-refractivity contribution is -0.142. The highest BCUT2D eigenvalue weighted by atomic mass is 16.3. The Morgan fingerprint density at radius 2 is 1.45 bits per heavy atom. The van der Waals surface area contributed by atoms with Crippen LogP contribution >= 0.6 is 0 Å². The molecule has 0 aromatic rings. The van der Waals surface area contributed by atoms with Gasteiger partial charge in [-0.15, -0.1) is 0 Å². The van der Waals surface area contributed by atoms with Crippen LogP contribution in [0.25, 0.3) is 0 Å². The van der Waals surface area contributed by atoms with Crippen LogP contribution in [0.5, 0.6) is 0 Å². The molecule has 3 N–H and O–H groups in total. The summed E-state index contributed by atoms with van der Waals surface area (Å²) in [6.45, 7) is 4.37. The van der Waals surface area contributed by atoms with Crippen molar-refractivity contribution in [3.05, 3.63) is 0 Å². The number of carbonyl (C=O) groups is 2. The molecule has 0 radical (unpaired) electrons.